The summed E-state index contributed by atoms with van der Waals surface area (Å²) in [6, 6.07) is 10.5. The van der Waals surface area contributed by atoms with Gasteiger partial charge in [-0.25, -0.2) is 14.8 Å². The number of ether oxygens (including phenoxy) is 1. The number of aromatic amines is 1. The lowest BCUT2D eigenvalue weighted by atomic mass is 10.0. The van der Waals surface area contributed by atoms with Crippen molar-refractivity contribution in [2.45, 2.75) is 38.3 Å². The highest BCUT2D eigenvalue weighted by molar-refractivity contribution is 6.01. The average Bonchev–Trinajstić information content (AvgIpc) is 3.52. The Labute approximate surface area is 205 Å². The van der Waals surface area contributed by atoms with Crippen LogP contribution in [0.4, 0.5) is 13.6 Å². The van der Waals surface area contributed by atoms with Crippen molar-refractivity contribution in [1.29, 1.82) is 0 Å². The van der Waals surface area contributed by atoms with E-state index in [4.69, 9.17) is 4.74 Å². The summed E-state index contributed by atoms with van der Waals surface area (Å²) in [7, 11) is 0. The molecule has 4 heterocycles. The highest BCUT2D eigenvalue weighted by Crippen LogP contribution is 2.37. The monoisotopic (exact) mass is 496 g/mol. The molecule has 0 aliphatic carbocycles. The van der Waals surface area contributed by atoms with Gasteiger partial charge in [0.2, 0.25) is 5.91 Å². The number of nitrogens with one attached hydrogen (secondary N) is 2. The molecule has 188 valence electrons. The zero-order chi connectivity index (χ0) is 25.3. The topological polar surface area (TPSA) is 105 Å². The van der Waals surface area contributed by atoms with E-state index in [2.05, 4.69) is 20.3 Å². The fourth-order valence-electron chi connectivity index (χ4n) is 4.68. The first-order valence-electron chi connectivity index (χ1n) is 11.8. The number of rotatable bonds is 6. The number of amides is 2. The van der Waals surface area contributed by atoms with Crippen LogP contribution in [0.3, 0.4) is 0 Å². The van der Waals surface area contributed by atoms with E-state index in [9.17, 15) is 9.59 Å². The summed E-state index contributed by atoms with van der Waals surface area (Å²) in [5.74, 6) is -3.96. The van der Waals surface area contributed by atoms with Gasteiger partial charge in [-0.1, -0.05) is 30.3 Å². The largest absolute Gasteiger partial charge is 0.445 e. The summed E-state index contributed by atoms with van der Waals surface area (Å²) in [4.78, 5) is 37.2. The Bertz CT molecular complexity index is 1390. The molecule has 0 atom stereocenters. The standard InChI is InChI=1S/C25H26F2N6O3/c1-16(34)32-11-8-18(9-12-32)33-21-19-7-10-28-22(19)29-13-20(21)31-23(33)25(26,27)15-30-24(35)36-14-17-5-3-2-4-6-17/h2-7,10,13,18H,8-9,11-12,14-15H2,1H3,(H,28,29)(H,30,35). The second kappa shape index (κ2) is 9.56. The SMILES string of the molecule is CC(=O)N1CCC(n2c(C(F)(F)CNC(=O)OCc3ccccc3)nc3cnc4[nH]ccc4c32)CC1. The molecule has 36 heavy (non-hydrogen) atoms. The zero-order valence-corrected chi connectivity index (χ0v) is 19.7. The molecule has 1 fully saturated rings. The molecule has 1 aliphatic rings. The molecule has 5 rings (SSSR count). The number of H-pyrrole nitrogens is 1. The number of piperidine rings is 1. The number of likely N-dealkylation sites (tertiary alicyclic amines) is 1. The van der Waals surface area contributed by atoms with Crippen molar-refractivity contribution in [3.63, 3.8) is 0 Å². The molecule has 1 aliphatic heterocycles. The van der Waals surface area contributed by atoms with E-state index in [1.54, 1.807) is 46.0 Å². The summed E-state index contributed by atoms with van der Waals surface area (Å²) < 4.78 is 37.9. The molecule has 0 saturated carbocycles. The molecule has 4 aromatic rings. The molecule has 0 spiro atoms. The van der Waals surface area contributed by atoms with Gasteiger partial charge in [-0.2, -0.15) is 8.78 Å². The van der Waals surface area contributed by atoms with Gasteiger partial charge in [-0.3, -0.25) is 4.79 Å². The number of aromatic nitrogens is 4. The quantitative estimate of drug-likeness (QED) is 0.418. The highest BCUT2D eigenvalue weighted by Gasteiger charge is 2.41. The Kier molecular flexibility index (Phi) is 6.29. The first-order valence-corrected chi connectivity index (χ1v) is 11.8. The number of fused-ring (bicyclic) bond motifs is 3. The van der Waals surface area contributed by atoms with Crippen molar-refractivity contribution in [3.8, 4) is 0 Å². The summed E-state index contributed by atoms with van der Waals surface area (Å²) >= 11 is 0. The van der Waals surface area contributed by atoms with Crippen LogP contribution in [0, 0.1) is 0 Å². The number of halogens is 2. The van der Waals surface area contributed by atoms with Crippen molar-refractivity contribution in [2.75, 3.05) is 19.6 Å². The van der Waals surface area contributed by atoms with Crippen molar-refractivity contribution < 1.29 is 23.1 Å². The Morgan fingerprint density at radius 1 is 1.19 bits per heavy atom. The molecule has 3 aromatic heterocycles. The van der Waals surface area contributed by atoms with Crippen LogP contribution in [0.1, 0.15) is 37.2 Å². The van der Waals surface area contributed by atoms with Gasteiger partial charge in [0.25, 0.3) is 0 Å². The van der Waals surface area contributed by atoms with Gasteiger partial charge in [0, 0.05) is 37.6 Å². The van der Waals surface area contributed by atoms with Crippen molar-refractivity contribution >= 4 is 34.1 Å². The number of alkyl carbamates (subject to hydrolysis) is 1. The van der Waals surface area contributed by atoms with Crippen LogP contribution in [-0.2, 0) is 22.1 Å². The van der Waals surface area contributed by atoms with E-state index < -0.39 is 24.4 Å². The Hall–Kier alpha value is -4.02. The number of benzene rings is 1. The van der Waals surface area contributed by atoms with Crippen molar-refractivity contribution in [3.05, 3.63) is 60.2 Å². The second-order valence-corrected chi connectivity index (χ2v) is 8.89. The summed E-state index contributed by atoms with van der Waals surface area (Å²) in [5, 5.41) is 2.87. The Balaban J connectivity index is 1.41. The van der Waals surface area contributed by atoms with Gasteiger partial charge in [-0.05, 0) is 24.5 Å². The minimum Gasteiger partial charge on any atom is -0.445 e. The molecule has 1 saturated heterocycles. The van der Waals surface area contributed by atoms with Crippen molar-refractivity contribution in [2.24, 2.45) is 0 Å². The van der Waals surface area contributed by atoms with Crippen LogP contribution in [0.5, 0.6) is 0 Å². The summed E-state index contributed by atoms with van der Waals surface area (Å²) in [6.07, 6.45) is 3.25. The van der Waals surface area contributed by atoms with E-state index in [1.165, 1.54) is 13.1 Å². The molecule has 0 unspecified atom stereocenters. The molecule has 9 nitrogen and oxygen atoms in total. The number of pyridine rings is 1. The van der Waals surface area contributed by atoms with Gasteiger partial charge < -0.3 is 24.5 Å². The number of hydrogen-bond donors (Lipinski definition) is 2. The highest BCUT2D eigenvalue weighted by atomic mass is 19.3. The number of alkyl halides is 2. The Morgan fingerprint density at radius 3 is 2.67 bits per heavy atom. The van der Waals surface area contributed by atoms with Crippen LogP contribution in [0.15, 0.2) is 48.8 Å². The third-order valence-electron chi connectivity index (χ3n) is 6.50. The number of carbonyl (C=O) groups is 2. The second-order valence-electron chi connectivity index (χ2n) is 8.89. The van der Waals surface area contributed by atoms with Gasteiger partial charge in [-0.15, -0.1) is 0 Å². The van der Waals surface area contributed by atoms with Gasteiger partial charge in [0.15, 0.2) is 5.82 Å². The molecule has 0 radical (unpaired) electrons. The first-order chi connectivity index (χ1) is 17.3. The third kappa shape index (κ3) is 4.60. The smallest absolute Gasteiger partial charge is 0.407 e. The number of nitrogens with zero attached hydrogens (tertiary/aromatic N) is 4. The van der Waals surface area contributed by atoms with E-state index in [0.717, 1.165) is 5.56 Å². The zero-order valence-electron chi connectivity index (χ0n) is 19.7. The average molecular weight is 497 g/mol. The van der Waals surface area contributed by atoms with Crippen LogP contribution in [-0.4, -0.2) is 56.1 Å². The maximum Gasteiger partial charge on any atom is 0.407 e. The minimum absolute atomic E-state index is 0.0252. The fourth-order valence-corrected chi connectivity index (χ4v) is 4.68. The van der Waals surface area contributed by atoms with Crippen molar-refractivity contribution in [1.82, 2.24) is 29.7 Å². The van der Waals surface area contributed by atoms with E-state index in [-0.39, 0.29) is 18.6 Å². The molecule has 2 N–H and O–H groups in total. The van der Waals surface area contributed by atoms with Crippen LogP contribution < -0.4 is 5.32 Å². The van der Waals surface area contributed by atoms with E-state index in [0.29, 0.717) is 48.0 Å². The van der Waals surface area contributed by atoms with Crippen LogP contribution in [0.2, 0.25) is 0 Å². The predicted octanol–water partition coefficient (Wildman–Crippen LogP) is 4.11. The first kappa shape index (κ1) is 23.7. The van der Waals surface area contributed by atoms with Gasteiger partial charge in [0.1, 0.15) is 17.8 Å². The Morgan fingerprint density at radius 2 is 1.94 bits per heavy atom. The minimum atomic E-state index is -3.48. The number of hydrogen-bond acceptors (Lipinski definition) is 5. The molecular weight excluding hydrogens is 470 g/mol. The maximum absolute atomic E-state index is 15.6. The molecule has 11 heteroatoms. The molecule has 2 amide bonds. The maximum atomic E-state index is 15.6. The lowest BCUT2D eigenvalue weighted by molar-refractivity contribution is -0.130. The molecule has 0 bridgehead atoms. The summed E-state index contributed by atoms with van der Waals surface area (Å²) in [6.45, 7) is 1.44. The third-order valence-corrected chi connectivity index (χ3v) is 6.50. The number of imidazole rings is 1. The van der Waals surface area contributed by atoms with E-state index in [1.807, 2.05) is 6.07 Å². The molecular formula is C25H26F2N6O3. The van der Waals surface area contributed by atoms with E-state index >= 15 is 8.78 Å². The normalized spacial score (nSPS) is 14.9. The predicted molar refractivity (Wildman–Crippen MR) is 128 cm³/mol. The van der Waals surface area contributed by atoms with Gasteiger partial charge in [0.05, 0.1) is 18.3 Å². The van der Waals surface area contributed by atoms with Crippen LogP contribution >= 0.6 is 0 Å². The lowest BCUT2D eigenvalue weighted by Gasteiger charge is -2.33. The fraction of sp³-hybridized carbons (Fsp3) is 0.360. The lowest BCUT2D eigenvalue weighted by Crippen LogP contribution is -2.40. The van der Waals surface area contributed by atoms with Crippen LogP contribution in [0.25, 0.3) is 22.1 Å². The number of carbonyl (C=O) groups excluding carboxylic acids is 2. The summed E-state index contributed by atoms with van der Waals surface area (Å²) in [5.41, 5.74) is 2.23. The molecule has 1 aromatic carbocycles. The van der Waals surface area contributed by atoms with Gasteiger partial charge >= 0.3 is 12.0 Å².